The van der Waals surface area contributed by atoms with Crippen LogP contribution >= 0.6 is 11.6 Å². The van der Waals surface area contributed by atoms with E-state index in [9.17, 15) is 0 Å². The number of H-pyrrole nitrogens is 1. The van der Waals surface area contributed by atoms with Gasteiger partial charge >= 0.3 is 0 Å². The molecule has 7 nitrogen and oxygen atoms in total. The summed E-state index contributed by atoms with van der Waals surface area (Å²) in [4.78, 5) is 12.1. The van der Waals surface area contributed by atoms with E-state index in [1.165, 1.54) is 0 Å². The Morgan fingerprint density at radius 3 is 2.89 bits per heavy atom. The van der Waals surface area contributed by atoms with Crippen LogP contribution in [0.3, 0.4) is 0 Å². The minimum absolute atomic E-state index is 0.288. The number of nitrogens with one attached hydrogen (secondary N) is 2. The molecule has 2 aromatic carbocycles. The zero-order valence-corrected chi connectivity index (χ0v) is 15.6. The van der Waals surface area contributed by atoms with Gasteiger partial charge < -0.3 is 4.98 Å². The molecule has 5 aromatic rings. The molecule has 3 aromatic heterocycles. The number of benzene rings is 2. The molecular formula is C20H14ClN7. The number of fused-ring (bicyclic) bond motifs is 4. The van der Waals surface area contributed by atoms with Crippen LogP contribution < -0.4 is 5.43 Å². The van der Waals surface area contributed by atoms with E-state index in [1.807, 2.05) is 49.4 Å². The van der Waals surface area contributed by atoms with E-state index in [2.05, 4.69) is 41.7 Å². The third-order valence-electron chi connectivity index (χ3n) is 4.44. The molecule has 0 spiro atoms. The van der Waals surface area contributed by atoms with Crippen LogP contribution in [0, 0.1) is 6.92 Å². The number of aromatic nitrogens is 5. The van der Waals surface area contributed by atoms with Gasteiger partial charge in [-0.05, 0) is 31.2 Å². The Morgan fingerprint density at radius 2 is 1.96 bits per heavy atom. The molecule has 136 valence electrons. The van der Waals surface area contributed by atoms with E-state index in [-0.39, 0.29) is 5.95 Å². The second-order valence-electron chi connectivity index (χ2n) is 6.44. The van der Waals surface area contributed by atoms with Gasteiger partial charge in [-0.1, -0.05) is 41.4 Å². The quantitative estimate of drug-likeness (QED) is 0.271. The van der Waals surface area contributed by atoms with Crippen molar-refractivity contribution in [2.24, 2.45) is 5.10 Å². The molecule has 0 bridgehead atoms. The van der Waals surface area contributed by atoms with E-state index >= 15 is 0 Å². The van der Waals surface area contributed by atoms with Gasteiger partial charge in [0.2, 0.25) is 0 Å². The number of pyridine rings is 1. The summed E-state index contributed by atoms with van der Waals surface area (Å²) >= 11 is 6.27. The van der Waals surface area contributed by atoms with Crippen LogP contribution in [-0.2, 0) is 0 Å². The van der Waals surface area contributed by atoms with E-state index in [0.29, 0.717) is 16.4 Å². The molecule has 0 amide bonds. The molecule has 2 N–H and O–H groups in total. The minimum Gasteiger partial charge on any atom is -0.338 e. The summed E-state index contributed by atoms with van der Waals surface area (Å²) in [6.07, 6.45) is 1.59. The lowest BCUT2D eigenvalue weighted by molar-refractivity contribution is 1.01. The lowest BCUT2D eigenvalue weighted by Crippen LogP contribution is -1.99. The van der Waals surface area contributed by atoms with Crippen molar-refractivity contribution in [2.45, 2.75) is 6.92 Å². The Balaban J connectivity index is 1.44. The Morgan fingerprint density at radius 1 is 1.07 bits per heavy atom. The second kappa shape index (κ2) is 6.54. The first-order chi connectivity index (χ1) is 13.7. The summed E-state index contributed by atoms with van der Waals surface area (Å²) in [6, 6.07) is 15.8. The zero-order chi connectivity index (χ0) is 19.1. The van der Waals surface area contributed by atoms with Gasteiger partial charge in [-0.15, -0.1) is 10.2 Å². The fourth-order valence-electron chi connectivity index (χ4n) is 3.11. The number of rotatable bonds is 3. The number of aryl methyl sites for hydroxylation is 1. The maximum Gasteiger partial charge on any atom is 0.265 e. The summed E-state index contributed by atoms with van der Waals surface area (Å²) in [7, 11) is 0. The maximum absolute atomic E-state index is 6.27. The van der Waals surface area contributed by atoms with Gasteiger partial charge in [0.15, 0.2) is 5.65 Å². The van der Waals surface area contributed by atoms with Gasteiger partial charge in [0.25, 0.3) is 5.95 Å². The van der Waals surface area contributed by atoms with Gasteiger partial charge in [0.1, 0.15) is 10.7 Å². The van der Waals surface area contributed by atoms with Crippen molar-refractivity contribution in [3.63, 3.8) is 0 Å². The average Bonchev–Trinajstić information content (AvgIpc) is 3.06. The van der Waals surface area contributed by atoms with Crippen molar-refractivity contribution >= 4 is 56.7 Å². The largest absolute Gasteiger partial charge is 0.338 e. The molecule has 28 heavy (non-hydrogen) atoms. The van der Waals surface area contributed by atoms with Crippen LogP contribution in [0.5, 0.6) is 0 Å². The average molecular weight is 388 g/mol. The first kappa shape index (κ1) is 16.6. The first-order valence-electron chi connectivity index (χ1n) is 8.64. The molecule has 0 radical (unpaired) electrons. The third-order valence-corrected chi connectivity index (χ3v) is 4.74. The van der Waals surface area contributed by atoms with Crippen molar-refractivity contribution in [1.29, 1.82) is 0 Å². The number of para-hydroxylation sites is 1. The molecule has 0 saturated heterocycles. The van der Waals surface area contributed by atoms with Gasteiger partial charge in [0.05, 0.1) is 11.7 Å². The van der Waals surface area contributed by atoms with E-state index in [1.54, 1.807) is 6.21 Å². The number of hydrogen-bond acceptors (Lipinski definition) is 6. The highest BCUT2D eigenvalue weighted by Gasteiger charge is 2.08. The van der Waals surface area contributed by atoms with Gasteiger partial charge in [-0.25, -0.2) is 10.4 Å². The van der Waals surface area contributed by atoms with E-state index < -0.39 is 0 Å². The third kappa shape index (κ3) is 2.91. The highest BCUT2D eigenvalue weighted by Crippen LogP contribution is 2.22. The van der Waals surface area contributed by atoms with Crippen LogP contribution in [0.25, 0.3) is 33.0 Å². The van der Waals surface area contributed by atoms with E-state index in [4.69, 9.17) is 11.6 Å². The SMILES string of the molecule is Cc1ccc2nc(Cl)c(C=NNc3nnc4c(n3)[nH]c3ccccc34)cc2c1. The Bertz CT molecular complexity index is 1370. The summed E-state index contributed by atoms with van der Waals surface area (Å²) in [5.41, 5.74) is 7.83. The molecule has 8 heteroatoms. The summed E-state index contributed by atoms with van der Waals surface area (Å²) < 4.78 is 0. The number of hydrogen-bond donors (Lipinski definition) is 2. The Hall–Kier alpha value is -3.58. The fraction of sp³-hybridized carbons (Fsp3) is 0.0500. The molecule has 0 unspecified atom stereocenters. The second-order valence-corrected chi connectivity index (χ2v) is 6.80. The van der Waals surface area contributed by atoms with Crippen molar-refractivity contribution in [1.82, 2.24) is 25.1 Å². The molecule has 3 heterocycles. The number of nitrogens with zero attached hydrogens (tertiary/aromatic N) is 5. The van der Waals surface area contributed by atoms with Crippen LogP contribution in [-0.4, -0.2) is 31.4 Å². The van der Waals surface area contributed by atoms with Gasteiger partial charge in [-0.2, -0.15) is 10.1 Å². The van der Waals surface area contributed by atoms with Crippen LogP contribution in [0.1, 0.15) is 11.1 Å². The van der Waals surface area contributed by atoms with Gasteiger partial charge in [0, 0.05) is 21.9 Å². The smallest absolute Gasteiger partial charge is 0.265 e. The molecule has 0 aliphatic rings. The summed E-state index contributed by atoms with van der Waals surface area (Å²) in [5, 5.41) is 14.9. The normalized spacial score (nSPS) is 11.8. The summed E-state index contributed by atoms with van der Waals surface area (Å²) in [6.45, 7) is 2.04. The number of hydrazone groups is 1. The minimum atomic E-state index is 0.288. The fourth-order valence-corrected chi connectivity index (χ4v) is 3.30. The maximum atomic E-state index is 6.27. The van der Waals surface area contributed by atoms with Crippen molar-refractivity contribution in [2.75, 3.05) is 5.43 Å². The van der Waals surface area contributed by atoms with Crippen molar-refractivity contribution in [3.8, 4) is 0 Å². The number of aromatic amines is 1. The number of halogens is 1. The highest BCUT2D eigenvalue weighted by atomic mass is 35.5. The molecule has 0 aliphatic carbocycles. The Labute approximate surface area is 164 Å². The molecule has 0 saturated carbocycles. The van der Waals surface area contributed by atoms with Crippen LogP contribution in [0.2, 0.25) is 5.15 Å². The van der Waals surface area contributed by atoms with Gasteiger partial charge in [-0.3, -0.25) is 0 Å². The highest BCUT2D eigenvalue weighted by molar-refractivity contribution is 6.32. The molecule has 5 rings (SSSR count). The Kier molecular flexibility index (Phi) is 3.87. The first-order valence-corrected chi connectivity index (χ1v) is 9.02. The number of anilines is 1. The lowest BCUT2D eigenvalue weighted by atomic mass is 10.1. The van der Waals surface area contributed by atoms with Crippen LogP contribution in [0.15, 0.2) is 53.6 Å². The molecule has 0 aliphatic heterocycles. The monoisotopic (exact) mass is 387 g/mol. The predicted molar refractivity (Wildman–Crippen MR) is 112 cm³/mol. The standard InChI is InChI=1S/C20H14ClN7/c1-11-6-7-15-12(8-11)9-13(18(21)23-15)10-22-27-20-25-19-17(26-28-20)14-4-2-3-5-16(14)24-19/h2-10H,1H3,(H2,24,25,27,28). The van der Waals surface area contributed by atoms with Crippen molar-refractivity contribution in [3.05, 3.63) is 64.8 Å². The topological polar surface area (TPSA) is 91.7 Å². The summed E-state index contributed by atoms with van der Waals surface area (Å²) in [5.74, 6) is 0.288. The lowest BCUT2D eigenvalue weighted by Gasteiger charge is -2.03. The molecular weight excluding hydrogens is 374 g/mol. The van der Waals surface area contributed by atoms with E-state index in [0.717, 1.165) is 32.9 Å². The van der Waals surface area contributed by atoms with Crippen molar-refractivity contribution < 1.29 is 0 Å². The molecule has 0 fully saturated rings. The zero-order valence-electron chi connectivity index (χ0n) is 14.8. The predicted octanol–water partition coefficient (Wildman–Crippen LogP) is 4.46. The molecule has 0 atom stereocenters. The van der Waals surface area contributed by atoms with Crippen LogP contribution in [0.4, 0.5) is 5.95 Å².